The van der Waals surface area contributed by atoms with Gasteiger partial charge in [0.15, 0.2) is 0 Å². The largest absolute Gasteiger partial charge is 0.469 e. The Morgan fingerprint density at radius 1 is 1.28 bits per heavy atom. The van der Waals surface area contributed by atoms with E-state index in [9.17, 15) is 0 Å². The van der Waals surface area contributed by atoms with Gasteiger partial charge in [0.2, 0.25) is 0 Å². The smallest absolute Gasteiger partial charge is 0.108 e. The van der Waals surface area contributed by atoms with Crippen LogP contribution in [-0.4, -0.2) is 0 Å². The van der Waals surface area contributed by atoms with Gasteiger partial charge < -0.3 is 10.2 Å². The van der Waals surface area contributed by atoms with E-state index in [1.165, 1.54) is 17.5 Å². The Morgan fingerprint density at radius 3 is 2.78 bits per heavy atom. The molecule has 0 aliphatic heterocycles. The van der Waals surface area contributed by atoms with E-state index >= 15 is 0 Å². The second-order valence-electron chi connectivity index (χ2n) is 5.10. The molecule has 1 aromatic carbocycles. The highest BCUT2D eigenvalue weighted by atomic mass is 16.3. The third-order valence-electron chi connectivity index (χ3n) is 3.99. The minimum Gasteiger partial charge on any atom is -0.469 e. The molecule has 0 saturated heterocycles. The van der Waals surface area contributed by atoms with E-state index in [-0.39, 0.29) is 6.04 Å². The summed E-state index contributed by atoms with van der Waals surface area (Å²) in [4.78, 5) is 0. The maximum absolute atomic E-state index is 6.39. The van der Waals surface area contributed by atoms with Crippen LogP contribution >= 0.6 is 0 Å². The number of benzene rings is 1. The highest BCUT2D eigenvalue weighted by Crippen LogP contribution is 2.53. The van der Waals surface area contributed by atoms with Crippen molar-refractivity contribution in [3.8, 4) is 0 Å². The summed E-state index contributed by atoms with van der Waals surface area (Å²) in [6.45, 7) is 2.11. The van der Waals surface area contributed by atoms with Gasteiger partial charge in [-0.2, -0.15) is 0 Å². The first-order chi connectivity index (χ1) is 8.81. The van der Waals surface area contributed by atoms with Gasteiger partial charge in [-0.05, 0) is 29.9 Å². The topological polar surface area (TPSA) is 39.2 Å². The van der Waals surface area contributed by atoms with E-state index in [2.05, 4.69) is 37.3 Å². The first kappa shape index (κ1) is 11.5. The molecule has 0 spiro atoms. The van der Waals surface area contributed by atoms with Gasteiger partial charge in [0.1, 0.15) is 5.76 Å². The molecule has 2 nitrogen and oxygen atoms in total. The summed E-state index contributed by atoms with van der Waals surface area (Å²) in [5.41, 5.74) is 9.00. The Hall–Kier alpha value is -1.54. The van der Waals surface area contributed by atoms with Crippen LogP contribution in [0.25, 0.3) is 0 Å². The highest BCUT2D eigenvalue weighted by Gasteiger charge is 2.43. The molecule has 2 aromatic rings. The molecule has 3 atom stereocenters. The van der Waals surface area contributed by atoms with Crippen LogP contribution in [0.2, 0.25) is 0 Å². The molecule has 2 heteroatoms. The molecule has 1 aliphatic rings. The summed E-state index contributed by atoms with van der Waals surface area (Å²) in [6, 6.07) is 12.8. The number of aryl methyl sites for hydroxylation is 1. The van der Waals surface area contributed by atoms with E-state index in [1.54, 1.807) is 6.26 Å². The van der Waals surface area contributed by atoms with E-state index < -0.39 is 0 Å². The molecule has 0 bridgehead atoms. The van der Waals surface area contributed by atoms with Crippen LogP contribution in [0.3, 0.4) is 0 Å². The minimum absolute atomic E-state index is 0.115. The van der Waals surface area contributed by atoms with Crippen molar-refractivity contribution in [1.29, 1.82) is 0 Å². The summed E-state index contributed by atoms with van der Waals surface area (Å²) in [7, 11) is 0. The van der Waals surface area contributed by atoms with Gasteiger partial charge in [0.05, 0.1) is 6.26 Å². The highest BCUT2D eigenvalue weighted by molar-refractivity contribution is 5.31. The van der Waals surface area contributed by atoms with Crippen molar-refractivity contribution in [2.45, 2.75) is 31.7 Å². The van der Waals surface area contributed by atoms with Crippen molar-refractivity contribution in [2.75, 3.05) is 0 Å². The van der Waals surface area contributed by atoms with Gasteiger partial charge in [-0.15, -0.1) is 0 Å². The predicted octanol–water partition coefficient (Wildman–Crippen LogP) is 3.65. The van der Waals surface area contributed by atoms with Gasteiger partial charge in [-0.1, -0.05) is 37.3 Å². The van der Waals surface area contributed by atoms with E-state index in [0.29, 0.717) is 11.8 Å². The predicted molar refractivity (Wildman–Crippen MR) is 72.3 cm³/mol. The standard InChI is InChI=1S/C16H19NO/c1-2-15-12(8-9-18-15)16(17)14-10-13(14)11-6-4-3-5-7-11/h3-9,13-14,16H,2,10,17H2,1H3. The second kappa shape index (κ2) is 4.62. The summed E-state index contributed by atoms with van der Waals surface area (Å²) in [5.74, 6) is 2.23. The van der Waals surface area contributed by atoms with Gasteiger partial charge in [0.25, 0.3) is 0 Å². The molecule has 0 amide bonds. The molecule has 94 valence electrons. The lowest BCUT2D eigenvalue weighted by Gasteiger charge is -2.11. The third-order valence-corrected chi connectivity index (χ3v) is 3.99. The van der Waals surface area contributed by atoms with Gasteiger partial charge in [0, 0.05) is 18.0 Å². The fraction of sp³-hybridized carbons (Fsp3) is 0.375. The lowest BCUT2D eigenvalue weighted by atomic mass is 9.99. The van der Waals surface area contributed by atoms with Gasteiger partial charge in [-0.25, -0.2) is 0 Å². The fourth-order valence-corrected chi connectivity index (χ4v) is 2.86. The van der Waals surface area contributed by atoms with Gasteiger partial charge >= 0.3 is 0 Å². The Labute approximate surface area is 108 Å². The van der Waals surface area contributed by atoms with Crippen LogP contribution < -0.4 is 5.73 Å². The van der Waals surface area contributed by atoms with Crippen LogP contribution in [-0.2, 0) is 6.42 Å². The van der Waals surface area contributed by atoms with Crippen LogP contribution in [0.15, 0.2) is 47.1 Å². The fourth-order valence-electron chi connectivity index (χ4n) is 2.86. The van der Waals surface area contributed by atoms with Crippen LogP contribution in [0.4, 0.5) is 0 Å². The summed E-state index contributed by atoms with van der Waals surface area (Å²) >= 11 is 0. The van der Waals surface area contributed by atoms with Crippen LogP contribution in [0, 0.1) is 5.92 Å². The van der Waals surface area contributed by atoms with Crippen molar-refractivity contribution in [1.82, 2.24) is 0 Å². The Balaban J connectivity index is 1.75. The number of hydrogen-bond donors (Lipinski definition) is 1. The molecule has 2 N–H and O–H groups in total. The normalized spacial score (nSPS) is 23.9. The zero-order chi connectivity index (χ0) is 12.5. The molecule has 3 unspecified atom stereocenters. The summed E-state index contributed by atoms with van der Waals surface area (Å²) in [6.07, 6.45) is 3.87. The van der Waals surface area contributed by atoms with E-state index in [0.717, 1.165) is 12.2 Å². The van der Waals surface area contributed by atoms with E-state index in [1.807, 2.05) is 6.07 Å². The Bertz CT molecular complexity index is 517. The average Bonchev–Trinajstić information content (AvgIpc) is 3.08. The van der Waals surface area contributed by atoms with Gasteiger partial charge in [-0.3, -0.25) is 0 Å². The average molecular weight is 241 g/mol. The number of furan rings is 1. The van der Waals surface area contributed by atoms with Crippen molar-refractivity contribution in [3.63, 3.8) is 0 Å². The lowest BCUT2D eigenvalue weighted by molar-refractivity contribution is 0.498. The molecular weight excluding hydrogens is 222 g/mol. The molecule has 0 radical (unpaired) electrons. The molecule has 3 rings (SSSR count). The number of rotatable bonds is 4. The Kier molecular flexibility index (Phi) is 2.96. The SMILES string of the molecule is CCc1occc1C(N)C1CC1c1ccccc1. The number of hydrogen-bond acceptors (Lipinski definition) is 2. The Morgan fingerprint density at radius 2 is 2.06 bits per heavy atom. The monoisotopic (exact) mass is 241 g/mol. The molecular formula is C16H19NO. The van der Waals surface area contributed by atoms with Crippen molar-refractivity contribution in [2.24, 2.45) is 11.7 Å². The third kappa shape index (κ3) is 1.97. The molecule has 18 heavy (non-hydrogen) atoms. The van der Waals surface area contributed by atoms with Crippen molar-refractivity contribution < 1.29 is 4.42 Å². The lowest BCUT2D eigenvalue weighted by Crippen LogP contribution is -2.14. The van der Waals surface area contributed by atoms with Crippen molar-refractivity contribution >= 4 is 0 Å². The first-order valence-corrected chi connectivity index (χ1v) is 6.68. The zero-order valence-corrected chi connectivity index (χ0v) is 10.7. The van der Waals surface area contributed by atoms with Crippen LogP contribution in [0.1, 0.15) is 42.2 Å². The molecule has 1 fully saturated rings. The quantitative estimate of drug-likeness (QED) is 0.887. The van der Waals surface area contributed by atoms with Crippen molar-refractivity contribution in [3.05, 3.63) is 59.5 Å². The van der Waals surface area contributed by atoms with Crippen LogP contribution in [0.5, 0.6) is 0 Å². The van der Waals surface area contributed by atoms with E-state index in [4.69, 9.17) is 10.2 Å². The zero-order valence-electron chi connectivity index (χ0n) is 10.7. The maximum Gasteiger partial charge on any atom is 0.108 e. The second-order valence-corrected chi connectivity index (χ2v) is 5.10. The number of nitrogens with two attached hydrogens (primary N) is 1. The first-order valence-electron chi connectivity index (χ1n) is 6.68. The molecule has 1 heterocycles. The minimum atomic E-state index is 0.115. The summed E-state index contributed by atoms with van der Waals surface area (Å²) in [5, 5.41) is 0. The molecule has 1 saturated carbocycles. The summed E-state index contributed by atoms with van der Waals surface area (Å²) < 4.78 is 5.47. The maximum atomic E-state index is 6.39. The molecule has 1 aromatic heterocycles. The molecule has 1 aliphatic carbocycles.